The molecule has 3 heteroatoms. The summed E-state index contributed by atoms with van der Waals surface area (Å²) in [5.41, 5.74) is 1.15. The van der Waals surface area contributed by atoms with E-state index in [0.717, 1.165) is 18.5 Å². The Hall–Kier alpha value is -1.35. The van der Waals surface area contributed by atoms with Gasteiger partial charge in [0.15, 0.2) is 0 Å². The maximum absolute atomic E-state index is 11.7. The number of carbonyl (C=O) groups is 1. The van der Waals surface area contributed by atoms with Crippen molar-refractivity contribution in [2.24, 2.45) is 0 Å². The zero-order valence-electron chi connectivity index (χ0n) is 10.8. The first kappa shape index (κ1) is 13.1. The summed E-state index contributed by atoms with van der Waals surface area (Å²) < 4.78 is 0. The van der Waals surface area contributed by atoms with Crippen molar-refractivity contribution < 1.29 is 4.79 Å². The number of carbonyl (C=O) groups excluding carboxylic acids is 1. The SMILES string of the molecule is O=C(CCC1CCCCN1)NCc1ccccc1. The molecule has 0 aliphatic carbocycles. The van der Waals surface area contributed by atoms with E-state index in [0.29, 0.717) is 19.0 Å². The monoisotopic (exact) mass is 246 g/mol. The van der Waals surface area contributed by atoms with Crippen molar-refractivity contribution in [3.05, 3.63) is 35.9 Å². The predicted molar refractivity (Wildman–Crippen MR) is 73.2 cm³/mol. The van der Waals surface area contributed by atoms with E-state index < -0.39 is 0 Å². The maximum atomic E-state index is 11.7. The van der Waals surface area contributed by atoms with Gasteiger partial charge < -0.3 is 10.6 Å². The van der Waals surface area contributed by atoms with Crippen LogP contribution in [0.1, 0.15) is 37.7 Å². The van der Waals surface area contributed by atoms with Crippen LogP contribution >= 0.6 is 0 Å². The molecule has 1 aliphatic heterocycles. The third-order valence-corrected chi connectivity index (χ3v) is 3.46. The molecule has 1 aliphatic rings. The Labute approximate surface area is 109 Å². The first-order chi connectivity index (χ1) is 8.84. The molecule has 18 heavy (non-hydrogen) atoms. The molecule has 1 aromatic carbocycles. The van der Waals surface area contributed by atoms with Gasteiger partial charge in [0.2, 0.25) is 5.91 Å². The molecule has 2 N–H and O–H groups in total. The van der Waals surface area contributed by atoms with Crippen molar-refractivity contribution >= 4 is 5.91 Å². The van der Waals surface area contributed by atoms with Gasteiger partial charge in [-0.3, -0.25) is 4.79 Å². The highest BCUT2D eigenvalue weighted by Gasteiger charge is 2.13. The number of amides is 1. The van der Waals surface area contributed by atoms with Gasteiger partial charge in [-0.05, 0) is 31.4 Å². The first-order valence-electron chi connectivity index (χ1n) is 6.88. The zero-order chi connectivity index (χ0) is 12.6. The van der Waals surface area contributed by atoms with Crippen LogP contribution < -0.4 is 10.6 Å². The number of piperidine rings is 1. The molecule has 1 saturated heterocycles. The fraction of sp³-hybridized carbons (Fsp3) is 0.533. The van der Waals surface area contributed by atoms with Crippen LogP contribution in [-0.2, 0) is 11.3 Å². The molecule has 0 radical (unpaired) electrons. The van der Waals surface area contributed by atoms with Crippen LogP contribution in [0.3, 0.4) is 0 Å². The molecule has 1 amide bonds. The molecule has 0 bridgehead atoms. The number of benzene rings is 1. The van der Waals surface area contributed by atoms with Gasteiger partial charge in [-0.2, -0.15) is 0 Å². The quantitative estimate of drug-likeness (QED) is 0.836. The number of rotatable bonds is 5. The molecule has 2 rings (SSSR count). The van der Waals surface area contributed by atoms with E-state index in [2.05, 4.69) is 10.6 Å². The number of hydrogen-bond acceptors (Lipinski definition) is 2. The highest BCUT2D eigenvalue weighted by atomic mass is 16.1. The van der Waals surface area contributed by atoms with E-state index in [9.17, 15) is 4.79 Å². The Morgan fingerprint density at radius 1 is 1.28 bits per heavy atom. The first-order valence-corrected chi connectivity index (χ1v) is 6.88. The van der Waals surface area contributed by atoms with Gasteiger partial charge in [-0.25, -0.2) is 0 Å². The predicted octanol–water partition coefficient (Wildman–Crippen LogP) is 2.23. The summed E-state index contributed by atoms with van der Waals surface area (Å²) in [5, 5.41) is 6.44. The Morgan fingerprint density at radius 2 is 2.11 bits per heavy atom. The normalized spacial score (nSPS) is 19.4. The molecule has 0 spiro atoms. The van der Waals surface area contributed by atoms with Crippen molar-refractivity contribution in [1.29, 1.82) is 0 Å². The second-order valence-corrected chi connectivity index (χ2v) is 4.95. The van der Waals surface area contributed by atoms with Crippen molar-refractivity contribution in [2.45, 2.75) is 44.7 Å². The molecule has 1 aromatic rings. The van der Waals surface area contributed by atoms with Crippen LogP contribution in [0.25, 0.3) is 0 Å². The highest BCUT2D eigenvalue weighted by molar-refractivity contribution is 5.75. The van der Waals surface area contributed by atoms with Crippen LogP contribution in [0.5, 0.6) is 0 Å². The van der Waals surface area contributed by atoms with Gasteiger partial charge in [0, 0.05) is 19.0 Å². The molecular formula is C15H22N2O. The molecule has 1 heterocycles. The third kappa shape index (κ3) is 4.49. The summed E-state index contributed by atoms with van der Waals surface area (Å²) in [7, 11) is 0. The molecule has 3 nitrogen and oxygen atoms in total. The largest absolute Gasteiger partial charge is 0.352 e. The lowest BCUT2D eigenvalue weighted by molar-refractivity contribution is -0.121. The van der Waals surface area contributed by atoms with Gasteiger partial charge >= 0.3 is 0 Å². The van der Waals surface area contributed by atoms with Crippen molar-refractivity contribution in [2.75, 3.05) is 6.54 Å². The van der Waals surface area contributed by atoms with E-state index >= 15 is 0 Å². The summed E-state index contributed by atoms with van der Waals surface area (Å²) in [4.78, 5) is 11.7. The molecule has 1 atom stereocenters. The van der Waals surface area contributed by atoms with Gasteiger partial charge in [0.05, 0.1) is 0 Å². The van der Waals surface area contributed by atoms with E-state index in [1.165, 1.54) is 19.3 Å². The van der Waals surface area contributed by atoms with Crippen LogP contribution in [0, 0.1) is 0 Å². The minimum absolute atomic E-state index is 0.159. The van der Waals surface area contributed by atoms with Crippen molar-refractivity contribution in [1.82, 2.24) is 10.6 Å². The molecule has 1 unspecified atom stereocenters. The topological polar surface area (TPSA) is 41.1 Å². The second-order valence-electron chi connectivity index (χ2n) is 4.95. The van der Waals surface area contributed by atoms with E-state index in [1.807, 2.05) is 30.3 Å². The van der Waals surface area contributed by atoms with Gasteiger partial charge in [-0.1, -0.05) is 36.8 Å². The van der Waals surface area contributed by atoms with Crippen LogP contribution in [0.2, 0.25) is 0 Å². The Bertz CT molecular complexity index is 358. The minimum Gasteiger partial charge on any atom is -0.352 e. The van der Waals surface area contributed by atoms with Crippen molar-refractivity contribution in [3.8, 4) is 0 Å². The lowest BCUT2D eigenvalue weighted by atomic mass is 10.0. The van der Waals surface area contributed by atoms with E-state index in [-0.39, 0.29) is 5.91 Å². The minimum atomic E-state index is 0.159. The van der Waals surface area contributed by atoms with Crippen LogP contribution in [-0.4, -0.2) is 18.5 Å². The lowest BCUT2D eigenvalue weighted by Gasteiger charge is -2.23. The Kier molecular flexibility index (Phi) is 5.21. The average Bonchev–Trinajstić information content (AvgIpc) is 2.45. The molecule has 98 valence electrons. The second kappa shape index (κ2) is 7.17. The van der Waals surface area contributed by atoms with Gasteiger partial charge in [-0.15, -0.1) is 0 Å². The molecule has 0 aromatic heterocycles. The fourth-order valence-corrected chi connectivity index (χ4v) is 2.36. The number of nitrogens with one attached hydrogen (secondary N) is 2. The Morgan fingerprint density at radius 3 is 2.83 bits per heavy atom. The van der Waals surface area contributed by atoms with E-state index in [4.69, 9.17) is 0 Å². The summed E-state index contributed by atoms with van der Waals surface area (Å²) in [6.45, 7) is 1.74. The van der Waals surface area contributed by atoms with Crippen molar-refractivity contribution in [3.63, 3.8) is 0 Å². The van der Waals surface area contributed by atoms with Crippen LogP contribution in [0.15, 0.2) is 30.3 Å². The highest BCUT2D eigenvalue weighted by Crippen LogP contribution is 2.11. The fourth-order valence-electron chi connectivity index (χ4n) is 2.36. The molecule has 0 saturated carbocycles. The third-order valence-electron chi connectivity index (χ3n) is 3.46. The smallest absolute Gasteiger partial charge is 0.220 e. The standard InChI is InChI=1S/C15H22N2O/c18-15(10-9-14-8-4-5-11-16-14)17-12-13-6-2-1-3-7-13/h1-3,6-7,14,16H,4-5,8-12H2,(H,17,18). The zero-order valence-corrected chi connectivity index (χ0v) is 10.8. The van der Waals surface area contributed by atoms with Gasteiger partial charge in [0.25, 0.3) is 0 Å². The summed E-state index contributed by atoms with van der Waals surface area (Å²) in [5.74, 6) is 0.159. The average molecular weight is 246 g/mol. The molecular weight excluding hydrogens is 224 g/mol. The van der Waals surface area contributed by atoms with Gasteiger partial charge in [0.1, 0.15) is 0 Å². The molecule has 1 fully saturated rings. The van der Waals surface area contributed by atoms with Crippen LogP contribution in [0.4, 0.5) is 0 Å². The lowest BCUT2D eigenvalue weighted by Crippen LogP contribution is -2.35. The summed E-state index contributed by atoms with van der Waals surface area (Å²) in [6, 6.07) is 10.6. The maximum Gasteiger partial charge on any atom is 0.220 e. The van der Waals surface area contributed by atoms with E-state index in [1.54, 1.807) is 0 Å². The summed E-state index contributed by atoms with van der Waals surface area (Å²) in [6.07, 6.45) is 5.37. The number of hydrogen-bond donors (Lipinski definition) is 2. The summed E-state index contributed by atoms with van der Waals surface area (Å²) >= 11 is 0. The Balaban J connectivity index is 1.63.